The van der Waals surface area contributed by atoms with Crippen molar-refractivity contribution in [1.82, 2.24) is 0 Å². The summed E-state index contributed by atoms with van der Waals surface area (Å²) in [6.07, 6.45) is -17.1. The number of benzene rings is 2. The van der Waals surface area contributed by atoms with Crippen LogP contribution < -0.4 is 10.2 Å². The molecule has 1 aromatic heterocycles. The van der Waals surface area contributed by atoms with Crippen molar-refractivity contribution in [3.63, 3.8) is 0 Å². The van der Waals surface area contributed by atoms with Crippen LogP contribution in [-0.2, 0) is 14.2 Å². The largest absolute Gasteiger partial charge is 0.508 e. The van der Waals surface area contributed by atoms with Crippen LogP contribution in [0.3, 0.4) is 0 Å². The van der Waals surface area contributed by atoms with Gasteiger partial charge in [-0.05, 0) is 24.3 Å². The first-order chi connectivity index (χ1) is 20.4. The van der Waals surface area contributed by atoms with Crippen LogP contribution in [0, 0.1) is 0 Å². The second-order valence-corrected chi connectivity index (χ2v) is 10.1. The molecule has 10 N–H and O–H groups in total. The van der Waals surface area contributed by atoms with Gasteiger partial charge in [0.05, 0.1) is 13.2 Å². The van der Waals surface area contributed by atoms with Gasteiger partial charge < -0.3 is 74.4 Å². The summed E-state index contributed by atoms with van der Waals surface area (Å²) in [5.41, 5.74) is -1.01. The van der Waals surface area contributed by atoms with E-state index in [0.717, 1.165) is 12.1 Å². The first kappa shape index (κ1) is 30.9. The van der Waals surface area contributed by atoms with E-state index < -0.39 is 103 Å². The summed E-state index contributed by atoms with van der Waals surface area (Å²) < 4.78 is 27.8. The Morgan fingerprint density at radius 3 is 1.98 bits per heavy atom. The van der Waals surface area contributed by atoms with E-state index in [2.05, 4.69) is 0 Å². The van der Waals surface area contributed by atoms with E-state index in [1.54, 1.807) is 0 Å². The Bertz CT molecular complexity index is 1490. The summed E-state index contributed by atoms with van der Waals surface area (Å²) in [5.74, 6) is -2.07. The molecule has 43 heavy (non-hydrogen) atoms. The Kier molecular flexibility index (Phi) is 8.77. The second kappa shape index (κ2) is 12.2. The Balaban J connectivity index is 1.45. The zero-order valence-electron chi connectivity index (χ0n) is 22.1. The molecule has 0 unspecified atom stereocenters. The van der Waals surface area contributed by atoms with E-state index >= 15 is 0 Å². The Morgan fingerprint density at radius 1 is 0.721 bits per heavy atom. The lowest BCUT2D eigenvalue weighted by molar-refractivity contribution is -0.323. The molecule has 2 saturated heterocycles. The SMILES string of the molecule is O=c1c(O[C@@H]2O[C@@H](CO[C@@H]3O[C@@H](CO)[C@@H](O)[C@H](O)[C@H]3O)[C@H](O)[C@@H](O)[C@H]2O)c(-c2ccc(O)cc2)oc2cc(O)cc(O)c12. The van der Waals surface area contributed by atoms with Crippen molar-refractivity contribution in [2.75, 3.05) is 13.2 Å². The molecule has 0 saturated carbocycles. The van der Waals surface area contributed by atoms with Gasteiger partial charge in [-0.2, -0.15) is 0 Å². The van der Waals surface area contributed by atoms with Gasteiger partial charge in [-0.3, -0.25) is 4.79 Å². The zero-order valence-corrected chi connectivity index (χ0v) is 22.1. The maximum atomic E-state index is 13.6. The Morgan fingerprint density at radius 2 is 1.33 bits per heavy atom. The van der Waals surface area contributed by atoms with Crippen molar-refractivity contribution in [3.05, 3.63) is 46.6 Å². The van der Waals surface area contributed by atoms with Gasteiger partial charge in [0.1, 0.15) is 77.0 Å². The van der Waals surface area contributed by atoms with E-state index in [1.807, 2.05) is 0 Å². The van der Waals surface area contributed by atoms with Crippen molar-refractivity contribution in [2.45, 2.75) is 61.4 Å². The average molecular weight is 611 g/mol. The molecule has 234 valence electrons. The summed E-state index contributed by atoms with van der Waals surface area (Å²) >= 11 is 0. The minimum atomic E-state index is -1.95. The van der Waals surface area contributed by atoms with Crippen molar-refractivity contribution in [1.29, 1.82) is 0 Å². The quantitative estimate of drug-likeness (QED) is 0.133. The first-order valence-electron chi connectivity index (χ1n) is 13.0. The third-order valence-corrected chi connectivity index (χ3v) is 7.22. The maximum absolute atomic E-state index is 13.6. The monoisotopic (exact) mass is 610 g/mol. The molecule has 3 aromatic rings. The number of hydrogen-bond donors (Lipinski definition) is 10. The van der Waals surface area contributed by atoms with Crippen LogP contribution in [0.5, 0.6) is 23.0 Å². The fourth-order valence-corrected chi connectivity index (χ4v) is 4.84. The molecule has 2 aromatic carbocycles. The number of aromatic hydroxyl groups is 3. The van der Waals surface area contributed by atoms with E-state index in [9.17, 15) is 55.9 Å². The number of hydrogen-bond acceptors (Lipinski definition) is 16. The van der Waals surface area contributed by atoms with E-state index in [4.69, 9.17) is 23.4 Å². The number of phenolic OH excluding ortho intramolecular Hbond substituents is 3. The molecule has 2 aliphatic heterocycles. The molecule has 0 aliphatic carbocycles. The van der Waals surface area contributed by atoms with E-state index in [-0.39, 0.29) is 22.7 Å². The van der Waals surface area contributed by atoms with Crippen LogP contribution in [-0.4, -0.2) is 126 Å². The molecular formula is C27H30O16. The minimum Gasteiger partial charge on any atom is -0.508 e. The molecule has 0 bridgehead atoms. The van der Waals surface area contributed by atoms with Crippen molar-refractivity contribution in [3.8, 4) is 34.3 Å². The molecule has 2 fully saturated rings. The molecule has 0 spiro atoms. The fraction of sp³-hybridized carbons (Fsp3) is 0.444. The molecule has 16 nitrogen and oxygen atoms in total. The van der Waals surface area contributed by atoms with Gasteiger partial charge in [0.25, 0.3) is 0 Å². The topological polar surface area (TPSA) is 269 Å². The number of aliphatic hydroxyl groups is 7. The predicted octanol–water partition coefficient (Wildman–Crippen LogP) is -2.42. The predicted molar refractivity (Wildman–Crippen MR) is 140 cm³/mol. The minimum absolute atomic E-state index is 0.116. The second-order valence-electron chi connectivity index (χ2n) is 10.1. The molecule has 16 heteroatoms. The van der Waals surface area contributed by atoms with Crippen LogP contribution in [0.15, 0.2) is 45.6 Å². The highest BCUT2D eigenvalue weighted by molar-refractivity contribution is 5.88. The number of phenols is 3. The van der Waals surface area contributed by atoms with Gasteiger partial charge in [0, 0.05) is 17.7 Å². The smallest absolute Gasteiger partial charge is 0.239 e. The number of aliphatic hydroxyl groups excluding tert-OH is 7. The highest BCUT2D eigenvalue weighted by Gasteiger charge is 2.48. The molecule has 0 amide bonds. The van der Waals surface area contributed by atoms with E-state index in [1.165, 1.54) is 24.3 Å². The summed E-state index contributed by atoms with van der Waals surface area (Å²) in [6, 6.07) is 7.25. The van der Waals surface area contributed by atoms with Crippen molar-refractivity contribution in [2.24, 2.45) is 0 Å². The summed E-state index contributed by atoms with van der Waals surface area (Å²) in [6.45, 7) is -1.37. The lowest BCUT2D eigenvalue weighted by atomic mass is 9.98. The van der Waals surface area contributed by atoms with Gasteiger partial charge in [0.2, 0.25) is 17.5 Å². The van der Waals surface area contributed by atoms with Crippen LogP contribution in [0.2, 0.25) is 0 Å². The highest BCUT2D eigenvalue weighted by atomic mass is 16.7. The van der Waals surface area contributed by atoms with Gasteiger partial charge >= 0.3 is 0 Å². The molecule has 5 rings (SSSR count). The van der Waals surface area contributed by atoms with Crippen LogP contribution in [0.4, 0.5) is 0 Å². The van der Waals surface area contributed by atoms with Crippen LogP contribution >= 0.6 is 0 Å². The van der Waals surface area contributed by atoms with Gasteiger partial charge in [-0.25, -0.2) is 0 Å². The lowest BCUT2D eigenvalue weighted by Crippen LogP contribution is -2.62. The Labute approximate surface area is 241 Å². The summed E-state index contributed by atoms with van der Waals surface area (Å²) in [4.78, 5) is 13.6. The fourth-order valence-electron chi connectivity index (χ4n) is 4.84. The summed E-state index contributed by atoms with van der Waals surface area (Å²) in [5, 5.41) is 101. The third kappa shape index (κ3) is 5.85. The van der Waals surface area contributed by atoms with Gasteiger partial charge in [-0.1, -0.05) is 0 Å². The van der Waals surface area contributed by atoms with E-state index in [0.29, 0.717) is 0 Å². The number of fused-ring (bicyclic) bond motifs is 1. The highest BCUT2D eigenvalue weighted by Crippen LogP contribution is 2.37. The number of rotatable bonds is 7. The van der Waals surface area contributed by atoms with Crippen LogP contribution in [0.1, 0.15) is 0 Å². The van der Waals surface area contributed by atoms with Crippen molar-refractivity contribution < 1.29 is 74.4 Å². The Hall–Kier alpha value is -3.55. The van der Waals surface area contributed by atoms with Crippen LogP contribution in [0.25, 0.3) is 22.3 Å². The molecular weight excluding hydrogens is 580 g/mol. The average Bonchev–Trinajstić information content (AvgIpc) is 2.97. The first-order valence-corrected chi connectivity index (χ1v) is 13.0. The summed E-state index contributed by atoms with van der Waals surface area (Å²) in [7, 11) is 0. The molecule has 2 aliphatic rings. The van der Waals surface area contributed by atoms with Gasteiger partial charge in [-0.15, -0.1) is 0 Å². The molecule has 3 heterocycles. The van der Waals surface area contributed by atoms with Crippen molar-refractivity contribution >= 4 is 11.0 Å². The lowest BCUT2D eigenvalue weighted by Gasteiger charge is -2.42. The molecule has 10 atom stereocenters. The van der Waals surface area contributed by atoms with Gasteiger partial charge in [0.15, 0.2) is 12.1 Å². The maximum Gasteiger partial charge on any atom is 0.239 e. The molecule has 0 radical (unpaired) electrons. The normalized spacial score (nSPS) is 33.0. The third-order valence-electron chi connectivity index (χ3n) is 7.22. The zero-order chi connectivity index (χ0) is 31.2. The standard InChI is InChI=1S/C27H30O16/c28-7-14-17(32)20(35)22(37)26(41-14)39-8-15-18(33)21(36)23(38)27(42-15)43-25-19(34)16-12(31)5-11(30)6-13(16)40-24(25)9-1-3-10(29)4-2-9/h1-6,14-15,17-18,20-23,26-33,35-38H,7-8H2/t14-,15-,17+,18-,20-,21+,22+,23+,26+,27-/m0/s1. The number of ether oxygens (including phenoxy) is 4.